The lowest BCUT2D eigenvalue weighted by Gasteiger charge is -2.54. The summed E-state index contributed by atoms with van der Waals surface area (Å²) in [6, 6.07) is 0. The molecule has 0 nitrogen and oxygen atoms in total. The Morgan fingerprint density at radius 2 is 1.06 bits per heavy atom. The van der Waals surface area contributed by atoms with Crippen molar-refractivity contribution in [3.63, 3.8) is 0 Å². The van der Waals surface area contributed by atoms with Crippen LogP contribution in [-0.2, 0) is 0 Å². The van der Waals surface area contributed by atoms with E-state index in [1.165, 1.54) is 25.7 Å². The van der Waals surface area contributed by atoms with Crippen molar-refractivity contribution in [3.8, 4) is 0 Å². The number of fused-ring (bicyclic) bond motifs is 2. The van der Waals surface area contributed by atoms with E-state index in [2.05, 4.69) is 20.8 Å². The zero-order valence-corrected chi connectivity index (χ0v) is 12.0. The molecule has 0 aromatic heterocycles. The van der Waals surface area contributed by atoms with Crippen LogP contribution in [0.5, 0.6) is 0 Å². The molecular weight excluding hydrogens is 204 g/mol. The van der Waals surface area contributed by atoms with Gasteiger partial charge in [-0.15, -0.1) is 0 Å². The Morgan fingerprint density at radius 3 is 1.53 bits per heavy atom. The van der Waals surface area contributed by atoms with E-state index in [1.54, 1.807) is 19.3 Å². The summed E-state index contributed by atoms with van der Waals surface area (Å²) in [6.07, 6.45) is 10.7. The molecular formula is C17H30. The van der Waals surface area contributed by atoms with Crippen LogP contribution in [0.15, 0.2) is 0 Å². The fourth-order valence-electron chi connectivity index (χ4n) is 5.80. The Kier molecular flexibility index (Phi) is 3.26. The number of hydrogen-bond donors (Lipinski definition) is 0. The van der Waals surface area contributed by atoms with Crippen LogP contribution >= 0.6 is 0 Å². The zero-order chi connectivity index (χ0) is 12.0. The van der Waals surface area contributed by atoms with Crippen LogP contribution in [0.1, 0.15) is 65.7 Å². The van der Waals surface area contributed by atoms with Gasteiger partial charge >= 0.3 is 0 Å². The predicted octanol–water partition coefficient (Wildman–Crippen LogP) is 5.13. The molecule has 0 aromatic rings. The summed E-state index contributed by atoms with van der Waals surface area (Å²) < 4.78 is 0. The van der Waals surface area contributed by atoms with E-state index in [4.69, 9.17) is 0 Å². The van der Waals surface area contributed by atoms with E-state index in [-0.39, 0.29) is 0 Å². The van der Waals surface area contributed by atoms with E-state index in [9.17, 15) is 0 Å². The zero-order valence-electron chi connectivity index (χ0n) is 12.0. The van der Waals surface area contributed by atoms with Gasteiger partial charge in [-0.2, -0.15) is 0 Å². The van der Waals surface area contributed by atoms with Crippen molar-refractivity contribution in [3.05, 3.63) is 0 Å². The van der Waals surface area contributed by atoms with Crippen molar-refractivity contribution < 1.29 is 0 Å². The molecule has 0 aliphatic heterocycles. The van der Waals surface area contributed by atoms with Gasteiger partial charge in [0.05, 0.1) is 0 Å². The smallest absolute Gasteiger partial charge is 0.0355 e. The molecule has 6 atom stereocenters. The molecule has 0 bridgehead atoms. The van der Waals surface area contributed by atoms with Crippen molar-refractivity contribution in [2.45, 2.75) is 65.7 Å². The number of rotatable bonds is 0. The average molecular weight is 234 g/mol. The Balaban J connectivity index is 1.82. The van der Waals surface area contributed by atoms with E-state index in [0.29, 0.717) is 0 Å². The van der Waals surface area contributed by atoms with Crippen LogP contribution in [0.3, 0.4) is 0 Å². The average Bonchev–Trinajstić information content (AvgIpc) is 2.32. The van der Waals surface area contributed by atoms with Gasteiger partial charge in [-0.1, -0.05) is 46.5 Å². The molecule has 0 spiro atoms. The van der Waals surface area contributed by atoms with Gasteiger partial charge in [0, 0.05) is 0 Å². The van der Waals surface area contributed by atoms with Gasteiger partial charge in [-0.25, -0.2) is 0 Å². The van der Waals surface area contributed by atoms with Gasteiger partial charge in [0.1, 0.15) is 0 Å². The van der Waals surface area contributed by atoms with Crippen molar-refractivity contribution >= 4 is 0 Å². The predicted molar refractivity (Wildman–Crippen MR) is 73.8 cm³/mol. The van der Waals surface area contributed by atoms with E-state index in [1.807, 2.05) is 0 Å². The van der Waals surface area contributed by atoms with Crippen LogP contribution in [0.25, 0.3) is 0 Å². The van der Waals surface area contributed by atoms with Gasteiger partial charge in [-0.3, -0.25) is 0 Å². The first kappa shape index (κ1) is 12.1. The third-order valence-electron chi connectivity index (χ3n) is 6.85. The fourth-order valence-corrected chi connectivity index (χ4v) is 5.80. The Labute approximate surface area is 108 Å². The maximum atomic E-state index is 2.60. The van der Waals surface area contributed by atoms with Gasteiger partial charge in [-0.05, 0) is 60.7 Å². The molecule has 0 N–H and O–H groups in total. The van der Waals surface area contributed by atoms with Crippen LogP contribution in [0.2, 0.25) is 0 Å². The monoisotopic (exact) mass is 234 g/mol. The van der Waals surface area contributed by atoms with Crippen LogP contribution < -0.4 is 0 Å². The summed E-state index contributed by atoms with van der Waals surface area (Å²) in [5, 5.41) is 0. The molecule has 3 aliphatic rings. The summed E-state index contributed by atoms with van der Waals surface area (Å²) >= 11 is 0. The third-order valence-corrected chi connectivity index (χ3v) is 6.85. The largest absolute Gasteiger partial charge is 0.0622 e. The van der Waals surface area contributed by atoms with Crippen LogP contribution in [0.4, 0.5) is 0 Å². The van der Waals surface area contributed by atoms with E-state index < -0.39 is 0 Å². The molecule has 0 radical (unpaired) electrons. The highest BCUT2D eigenvalue weighted by molar-refractivity contribution is 4.96. The molecule has 0 aromatic carbocycles. The Morgan fingerprint density at radius 1 is 0.588 bits per heavy atom. The SMILES string of the molecule is CC1CCCC2C(C)C3CCCC(C)C3CC12. The minimum absolute atomic E-state index is 1.02. The second-order valence-electron chi connectivity index (χ2n) is 7.57. The highest BCUT2D eigenvalue weighted by atomic mass is 14.5. The minimum atomic E-state index is 1.02. The van der Waals surface area contributed by atoms with Crippen molar-refractivity contribution in [1.82, 2.24) is 0 Å². The van der Waals surface area contributed by atoms with Crippen molar-refractivity contribution in [2.24, 2.45) is 41.4 Å². The summed E-state index contributed by atoms with van der Waals surface area (Å²) in [5.74, 6) is 7.42. The highest BCUT2D eigenvalue weighted by Gasteiger charge is 2.47. The molecule has 0 heteroatoms. The lowest BCUT2D eigenvalue weighted by atomic mass is 9.51. The molecule has 3 saturated carbocycles. The van der Waals surface area contributed by atoms with Crippen molar-refractivity contribution in [1.29, 1.82) is 0 Å². The van der Waals surface area contributed by atoms with Crippen LogP contribution in [-0.4, -0.2) is 0 Å². The molecule has 3 fully saturated rings. The minimum Gasteiger partial charge on any atom is -0.0622 e. The lowest BCUT2D eigenvalue weighted by molar-refractivity contribution is -0.0446. The molecule has 0 heterocycles. The van der Waals surface area contributed by atoms with Crippen LogP contribution in [0, 0.1) is 41.4 Å². The second kappa shape index (κ2) is 4.59. The molecule has 0 saturated heterocycles. The summed E-state index contributed by atoms with van der Waals surface area (Å²) in [4.78, 5) is 0. The third kappa shape index (κ3) is 1.96. The summed E-state index contributed by atoms with van der Waals surface area (Å²) in [7, 11) is 0. The first-order chi connectivity index (χ1) is 8.18. The normalized spacial score (nSPS) is 54.9. The fraction of sp³-hybridized carbons (Fsp3) is 1.00. The maximum absolute atomic E-state index is 2.60. The van der Waals surface area contributed by atoms with Gasteiger partial charge in [0.15, 0.2) is 0 Å². The van der Waals surface area contributed by atoms with Crippen molar-refractivity contribution in [2.75, 3.05) is 0 Å². The van der Waals surface area contributed by atoms with Gasteiger partial charge in [0.2, 0.25) is 0 Å². The first-order valence-electron chi connectivity index (χ1n) is 8.18. The Bertz CT molecular complexity index is 243. The number of hydrogen-bond acceptors (Lipinski definition) is 0. The van der Waals surface area contributed by atoms with E-state index in [0.717, 1.165) is 41.4 Å². The lowest BCUT2D eigenvalue weighted by Crippen LogP contribution is -2.46. The second-order valence-corrected chi connectivity index (χ2v) is 7.57. The van der Waals surface area contributed by atoms with Gasteiger partial charge in [0.25, 0.3) is 0 Å². The molecule has 0 amide bonds. The molecule has 6 unspecified atom stereocenters. The summed E-state index contributed by atoms with van der Waals surface area (Å²) in [5.41, 5.74) is 0. The first-order valence-corrected chi connectivity index (χ1v) is 8.18. The standard InChI is InChI=1S/C17H30/c1-11-6-4-8-14-13(3)15-9-5-7-12(2)17(15)10-16(11)14/h11-17H,4-10H2,1-3H3. The molecule has 3 aliphatic carbocycles. The molecule has 3 rings (SSSR count). The van der Waals surface area contributed by atoms with E-state index >= 15 is 0 Å². The summed E-state index contributed by atoms with van der Waals surface area (Å²) in [6.45, 7) is 7.68. The molecule has 17 heavy (non-hydrogen) atoms. The quantitative estimate of drug-likeness (QED) is 0.545. The maximum Gasteiger partial charge on any atom is -0.0355 e. The van der Waals surface area contributed by atoms with Gasteiger partial charge < -0.3 is 0 Å². The Hall–Kier alpha value is 0. The molecule has 98 valence electrons. The highest BCUT2D eigenvalue weighted by Crippen LogP contribution is 2.55. The topological polar surface area (TPSA) is 0 Å².